The lowest BCUT2D eigenvalue weighted by atomic mass is 9.96. The van der Waals surface area contributed by atoms with E-state index in [-0.39, 0.29) is 29.4 Å². The number of nitrogens with one attached hydrogen (secondary N) is 1. The molecular weight excluding hydrogens is 304 g/mol. The van der Waals surface area contributed by atoms with Gasteiger partial charge in [-0.15, -0.1) is 0 Å². The van der Waals surface area contributed by atoms with Crippen molar-refractivity contribution in [3.63, 3.8) is 0 Å². The van der Waals surface area contributed by atoms with Gasteiger partial charge in [-0.2, -0.15) is 0 Å². The fraction of sp³-hybridized carbons (Fsp3) is 0.579. The molecule has 0 radical (unpaired) electrons. The first-order chi connectivity index (χ1) is 11.1. The molecule has 1 heterocycles. The fourth-order valence-corrected chi connectivity index (χ4v) is 2.82. The van der Waals surface area contributed by atoms with Crippen molar-refractivity contribution in [2.75, 3.05) is 13.1 Å². The molecule has 2 rings (SSSR count). The normalized spacial score (nSPS) is 18.2. The first kappa shape index (κ1) is 18.3. The number of rotatable bonds is 5. The number of ether oxygens (including phenoxy) is 1. The van der Waals surface area contributed by atoms with Crippen LogP contribution in [-0.4, -0.2) is 41.9 Å². The standard InChI is InChI=1S/C19H28N2O3/c1-13(2)24-16-8-6-14(7-9-16)18(23)20-15-10-17(22)21(11-15)12-19(3,4)5/h6-9,13,15H,10-12H2,1-5H3,(H,20,23). The SMILES string of the molecule is CC(C)Oc1ccc(C(=O)NC2CC(=O)N(CC(C)(C)C)C2)cc1. The summed E-state index contributed by atoms with van der Waals surface area (Å²) in [6.45, 7) is 11.5. The maximum absolute atomic E-state index is 12.4. The number of carbonyl (C=O) groups excluding carboxylic acids is 2. The summed E-state index contributed by atoms with van der Waals surface area (Å²) in [6, 6.07) is 6.95. The fourth-order valence-electron chi connectivity index (χ4n) is 2.82. The van der Waals surface area contributed by atoms with E-state index in [1.807, 2.05) is 18.7 Å². The van der Waals surface area contributed by atoms with Crippen molar-refractivity contribution < 1.29 is 14.3 Å². The molecule has 1 unspecified atom stereocenters. The summed E-state index contributed by atoms with van der Waals surface area (Å²) in [5.41, 5.74) is 0.633. The van der Waals surface area contributed by atoms with Crippen molar-refractivity contribution >= 4 is 11.8 Å². The minimum atomic E-state index is -0.151. The summed E-state index contributed by atoms with van der Waals surface area (Å²) in [6.07, 6.45) is 0.471. The van der Waals surface area contributed by atoms with Crippen LogP contribution in [0.25, 0.3) is 0 Å². The molecule has 24 heavy (non-hydrogen) atoms. The van der Waals surface area contributed by atoms with Crippen molar-refractivity contribution in [1.29, 1.82) is 0 Å². The van der Waals surface area contributed by atoms with Crippen LogP contribution >= 0.6 is 0 Å². The summed E-state index contributed by atoms with van der Waals surface area (Å²) < 4.78 is 5.57. The van der Waals surface area contributed by atoms with Gasteiger partial charge in [-0.1, -0.05) is 20.8 Å². The minimum absolute atomic E-state index is 0.0564. The van der Waals surface area contributed by atoms with Crippen LogP contribution in [0.4, 0.5) is 0 Å². The van der Waals surface area contributed by atoms with Crippen LogP contribution in [0.3, 0.4) is 0 Å². The Balaban J connectivity index is 1.92. The van der Waals surface area contributed by atoms with Crippen LogP contribution in [0.2, 0.25) is 0 Å². The first-order valence-electron chi connectivity index (χ1n) is 8.49. The number of hydrogen-bond donors (Lipinski definition) is 1. The molecule has 1 aliphatic rings. The second-order valence-corrected chi connectivity index (χ2v) is 7.90. The van der Waals surface area contributed by atoms with Gasteiger partial charge < -0.3 is 15.0 Å². The molecule has 0 aliphatic carbocycles. The first-order valence-corrected chi connectivity index (χ1v) is 8.49. The number of nitrogens with zero attached hydrogens (tertiary/aromatic N) is 1. The van der Waals surface area contributed by atoms with Gasteiger partial charge in [0, 0.05) is 25.1 Å². The molecule has 1 atom stereocenters. The highest BCUT2D eigenvalue weighted by Gasteiger charge is 2.32. The zero-order chi connectivity index (χ0) is 17.9. The van der Waals surface area contributed by atoms with Crippen molar-refractivity contribution in [2.24, 2.45) is 5.41 Å². The van der Waals surface area contributed by atoms with Gasteiger partial charge in [0.2, 0.25) is 5.91 Å². The van der Waals surface area contributed by atoms with Crippen molar-refractivity contribution in [1.82, 2.24) is 10.2 Å². The maximum atomic E-state index is 12.4. The van der Waals surface area contributed by atoms with E-state index in [4.69, 9.17) is 4.74 Å². The van der Waals surface area contributed by atoms with Crippen LogP contribution in [0, 0.1) is 5.41 Å². The average molecular weight is 332 g/mol. The number of likely N-dealkylation sites (tertiary alicyclic amines) is 1. The molecular formula is C19H28N2O3. The quantitative estimate of drug-likeness (QED) is 0.902. The Morgan fingerprint density at radius 2 is 1.92 bits per heavy atom. The van der Waals surface area contributed by atoms with Crippen LogP contribution < -0.4 is 10.1 Å². The second-order valence-electron chi connectivity index (χ2n) is 7.90. The third-order valence-electron chi connectivity index (χ3n) is 3.70. The molecule has 0 saturated carbocycles. The van der Waals surface area contributed by atoms with E-state index in [2.05, 4.69) is 26.1 Å². The van der Waals surface area contributed by atoms with Gasteiger partial charge in [0.1, 0.15) is 5.75 Å². The Bertz CT molecular complexity index is 588. The highest BCUT2D eigenvalue weighted by Crippen LogP contribution is 2.21. The summed E-state index contributed by atoms with van der Waals surface area (Å²) in [5, 5.41) is 2.96. The number of carbonyl (C=O) groups is 2. The predicted molar refractivity (Wildman–Crippen MR) is 94.1 cm³/mol. The largest absolute Gasteiger partial charge is 0.491 e. The zero-order valence-corrected chi connectivity index (χ0v) is 15.3. The summed E-state index contributed by atoms with van der Waals surface area (Å²) in [5.74, 6) is 0.700. The van der Waals surface area contributed by atoms with Gasteiger partial charge >= 0.3 is 0 Å². The number of amides is 2. The Labute approximate surface area is 144 Å². The topological polar surface area (TPSA) is 58.6 Å². The number of hydrogen-bond acceptors (Lipinski definition) is 3. The lowest BCUT2D eigenvalue weighted by Gasteiger charge is -2.26. The van der Waals surface area contributed by atoms with Crippen LogP contribution in [-0.2, 0) is 4.79 Å². The maximum Gasteiger partial charge on any atom is 0.251 e. The van der Waals surface area contributed by atoms with Crippen LogP contribution in [0.1, 0.15) is 51.4 Å². The molecule has 5 nitrogen and oxygen atoms in total. The van der Waals surface area contributed by atoms with Gasteiger partial charge in [-0.25, -0.2) is 0 Å². The average Bonchev–Trinajstić information content (AvgIpc) is 2.76. The van der Waals surface area contributed by atoms with Crippen molar-refractivity contribution in [3.05, 3.63) is 29.8 Å². The molecule has 1 aromatic rings. The predicted octanol–water partition coefficient (Wildman–Crippen LogP) is 2.85. The summed E-state index contributed by atoms with van der Waals surface area (Å²) >= 11 is 0. The van der Waals surface area contributed by atoms with E-state index in [1.54, 1.807) is 24.3 Å². The van der Waals surface area contributed by atoms with E-state index in [1.165, 1.54) is 0 Å². The molecule has 0 aromatic heterocycles. The lowest BCUT2D eigenvalue weighted by Crippen LogP contribution is -2.39. The van der Waals surface area contributed by atoms with Gasteiger partial charge in [-0.05, 0) is 43.5 Å². The van der Waals surface area contributed by atoms with Gasteiger partial charge in [-0.3, -0.25) is 9.59 Å². The molecule has 1 fully saturated rings. The molecule has 2 amide bonds. The molecule has 1 N–H and O–H groups in total. The molecule has 5 heteroatoms. The zero-order valence-electron chi connectivity index (χ0n) is 15.3. The molecule has 132 valence electrons. The second kappa shape index (κ2) is 7.24. The van der Waals surface area contributed by atoms with E-state index in [0.717, 1.165) is 5.75 Å². The highest BCUT2D eigenvalue weighted by molar-refractivity contribution is 5.95. The molecule has 1 saturated heterocycles. The minimum Gasteiger partial charge on any atom is -0.491 e. The van der Waals surface area contributed by atoms with Crippen molar-refractivity contribution in [2.45, 2.75) is 53.2 Å². The van der Waals surface area contributed by atoms with E-state index in [9.17, 15) is 9.59 Å². The molecule has 1 aliphatic heterocycles. The monoisotopic (exact) mass is 332 g/mol. The Morgan fingerprint density at radius 1 is 1.29 bits per heavy atom. The summed E-state index contributed by atoms with van der Waals surface area (Å²) in [7, 11) is 0. The Hall–Kier alpha value is -2.04. The van der Waals surface area contributed by atoms with Crippen molar-refractivity contribution in [3.8, 4) is 5.75 Å². The van der Waals surface area contributed by atoms with E-state index >= 15 is 0 Å². The molecule has 0 bridgehead atoms. The third-order valence-corrected chi connectivity index (χ3v) is 3.70. The third kappa shape index (κ3) is 5.25. The van der Waals surface area contributed by atoms with Gasteiger partial charge in [0.15, 0.2) is 0 Å². The van der Waals surface area contributed by atoms with Crippen LogP contribution in [0.15, 0.2) is 24.3 Å². The lowest BCUT2D eigenvalue weighted by molar-refractivity contribution is -0.128. The van der Waals surface area contributed by atoms with Gasteiger partial charge in [0.25, 0.3) is 5.91 Å². The van der Waals surface area contributed by atoms with Crippen LogP contribution in [0.5, 0.6) is 5.75 Å². The molecule has 1 aromatic carbocycles. The smallest absolute Gasteiger partial charge is 0.251 e. The summed E-state index contributed by atoms with van der Waals surface area (Å²) in [4.78, 5) is 26.3. The van der Waals surface area contributed by atoms with E-state index in [0.29, 0.717) is 25.1 Å². The molecule has 0 spiro atoms. The Kier molecular flexibility index (Phi) is 5.52. The van der Waals surface area contributed by atoms with Gasteiger partial charge in [0.05, 0.1) is 12.1 Å². The van der Waals surface area contributed by atoms with E-state index < -0.39 is 0 Å². The Morgan fingerprint density at radius 3 is 2.46 bits per heavy atom. The number of benzene rings is 1. The highest BCUT2D eigenvalue weighted by atomic mass is 16.5.